The first-order chi connectivity index (χ1) is 7.25. The van der Waals surface area contributed by atoms with Crippen LogP contribution in [0.4, 0.5) is 5.13 Å². The van der Waals surface area contributed by atoms with Gasteiger partial charge in [0.15, 0.2) is 0 Å². The van der Waals surface area contributed by atoms with Crippen molar-refractivity contribution >= 4 is 39.3 Å². The molecule has 16 heavy (non-hydrogen) atoms. The molecule has 0 aliphatic rings. The van der Waals surface area contributed by atoms with Crippen LogP contribution in [0.3, 0.4) is 0 Å². The van der Waals surface area contributed by atoms with Crippen LogP contribution in [-0.4, -0.2) is 10.5 Å². The molecule has 1 unspecified atom stereocenters. The van der Waals surface area contributed by atoms with E-state index in [0.29, 0.717) is 5.13 Å². The number of thiazole rings is 1. The smallest absolute Gasteiger partial charge is 0.749 e. The number of anilines is 1. The number of rotatable bonds is 3. The molecule has 1 aromatic carbocycles. The van der Waals surface area contributed by atoms with E-state index in [1.165, 1.54) is 11.3 Å². The minimum atomic E-state index is -0.716. The van der Waals surface area contributed by atoms with Gasteiger partial charge in [0.1, 0.15) is 0 Å². The summed E-state index contributed by atoms with van der Waals surface area (Å²) < 4.78 is 1.10. The maximum atomic E-state index is 5.23. The molecule has 2 rings (SSSR count). The van der Waals surface area contributed by atoms with Crippen molar-refractivity contribution in [3.05, 3.63) is 24.3 Å². The Bertz CT molecular complexity index is 451. The van der Waals surface area contributed by atoms with E-state index in [1.54, 1.807) is 0 Å². The molecule has 1 aromatic heterocycles. The van der Waals surface area contributed by atoms with Crippen molar-refractivity contribution in [1.29, 1.82) is 0 Å². The van der Waals surface area contributed by atoms with Crippen LogP contribution >= 0.6 is 11.3 Å². The summed E-state index contributed by atoms with van der Waals surface area (Å²) in [5.41, 5.74) is 8.13. The van der Waals surface area contributed by atoms with Crippen LogP contribution < -0.4 is 40.7 Å². The van der Waals surface area contributed by atoms with Crippen LogP contribution in [0.2, 0.25) is 0 Å². The molecular weight excluding hydrogens is 253 g/mol. The summed E-state index contributed by atoms with van der Waals surface area (Å²) in [7, 11) is 0. The monoisotopic (exact) mass is 261 g/mol. The quantitative estimate of drug-likeness (QED) is 0.317. The van der Waals surface area contributed by atoms with Gasteiger partial charge in [0, 0.05) is 5.50 Å². The second kappa shape index (κ2) is 6.53. The number of benzene rings is 1. The zero-order valence-corrected chi connectivity index (χ0v) is 12.3. The summed E-state index contributed by atoms with van der Waals surface area (Å²) in [6.45, 7) is 0. The van der Waals surface area contributed by atoms with Crippen molar-refractivity contribution in [2.75, 3.05) is 5.43 Å². The van der Waals surface area contributed by atoms with E-state index in [-0.39, 0.29) is 29.6 Å². The molecule has 1 heterocycles. The molecule has 0 amide bonds. The summed E-state index contributed by atoms with van der Waals surface area (Å²) in [5, 5.41) is 7.87. The third-order valence-corrected chi connectivity index (χ3v) is 2.65. The van der Waals surface area contributed by atoms with E-state index in [2.05, 4.69) is 33.4 Å². The Kier molecular flexibility index (Phi) is 5.67. The molecule has 0 aliphatic carbocycles. The summed E-state index contributed by atoms with van der Waals surface area (Å²) in [6, 6.07) is 7.83. The number of nitrogens with zero attached hydrogens (tertiary/aromatic N) is 3. The van der Waals surface area contributed by atoms with E-state index < -0.39 is 5.50 Å². The molecule has 0 aliphatic heterocycles. The number of para-hydroxylation sites is 1. The fourth-order valence-electron chi connectivity index (χ4n) is 1.05. The van der Waals surface area contributed by atoms with Gasteiger partial charge in [-0.1, -0.05) is 28.7 Å². The van der Waals surface area contributed by atoms with Crippen molar-refractivity contribution < 1.29 is 29.6 Å². The summed E-state index contributed by atoms with van der Waals surface area (Å²) >= 11 is 6.12. The molecule has 0 spiro atoms. The molecule has 0 saturated carbocycles. The maximum absolute atomic E-state index is 5.23. The van der Waals surface area contributed by atoms with Gasteiger partial charge in [0.25, 0.3) is 0 Å². The number of fused-ring (bicyclic) bond motifs is 1. The van der Waals surface area contributed by atoms with E-state index in [9.17, 15) is 0 Å². The average Bonchev–Trinajstić information content (AvgIpc) is 2.59. The topological polar surface area (TPSA) is 75.7 Å². The van der Waals surface area contributed by atoms with E-state index >= 15 is 0 Å². The first-order valence-corrected chi connectivity index (χ1v) is 5.47. The van der Waals surface area contributed by atoms with E-state index in [0.717, 1.165) is 10.2 Å². The van der Waals surface area contributed by atoms with Gasteiger partial charge in [-0.3, -0.25) is 0 Å². The Hall–Kier alpha value is -0.180. The van der Waals surface area contributed by atoms with Gasteiger partial charge >= 0.3 is 29.6 Å². The second-order valence-electron chi connectivity index (χ2n) is 2.70. The summed E-state index contributed by atoms with van der Waals surface area (Å²) in [4.78, 5) is 4.29. The third kappa shape index (κ3) is 3.69. The minimum Gasteiger partial charge on any atom is -0.749 e. The van der Waals surface area contributed by atoms with Gasteiger partial charge in [-0.25, -0.2) is 10.4 Å². The first-order valence-electron chi connectivity index (χ1n) is 4.18. The Morgan fingerprint density at radius 1 is 1.44 bits per heavy atom. The number of nitrogens with two attached hydrogens (primary N) is 1. The molecule has 0 saturated heterocycles. The van der Waals surface area contributed by atoms with Crippen molar-refractivity contribution in [1.82, 2.24) is 4.98 Å². The Morgan fingerprint density at radius 2 is 2.19 bits per heavy atom. The van der Waals surface area contributed by atoms with Crippen LogP contribution in [0.1, 0.15) is 0 Å². The van der Waals surface area contributed by atoms with Gasteiger partial charge in [0.2, 0.25) is 5.13 Å². The van der Waals surface area contributed by atoms with Crippen LogP contribution in [0, 0.1) is 0 Å². The normalized spacial score (nSPS) is 12.6. The van der Waals surface area contributed by atoms with Gasteiger partial charge < -0.3 is 18.4 Å². The SMILES string of the molecule is NC([S-])/N=N/Nc1nc2ccccc2s1.[Na+]. The van der Waals surface area contributed by atoms with Crippen molar-refractivity contribution in [2.45, 2.75) is 5.50 Å². The average molecular weight is 261 g/mol. The van der Waals surface area contributed by atoms with Gasteiger partial charge in [-0.05, 0) is 12.1 Å². The summed E-state index contributed by atoms with van der Waals surface area (Å²) in [6.07, 6.45) is 0. The standard InChI is InChI=1S/C8H9N5S2.Na/c9-7(14)11-13-12-8-10-5-3-1-2-4-6(5)15-8;/h1-4,7,14H,9H2,(H,10,11,12);/q;+1/p-1. The number of hydrogen-bond acceptors (Lipinski definition) is 6. The molecule has 0 fully saturated rings. The van der Waals surface area contributed by atoms with Crippen molar-refractivity contribution in [2.24, 2.45) is 16.1 Å². The minimum absolute atomic E-state index is 0. The summed E-state index contributed by atoms with van der Waals surface area (Å²) in [5.74, 6) is 0. The predicted molar refractivity (Wildman–Crippen MR) is 63.4 cm³/mol. The number of nitrogens with one attached hydrogen (secondary N) is 1. The van der Waals surface area contributed by atoms with Crippen molar-refractivity contribution in [3.63, 3.8) is 0 Å². The molecular formula is C8H8N5NaS2. The Morgan fingerprint density at radius 3 is 2.88 bits per heavy atom. The predicted octanol–water partition coefficient (Wildman–Crippen LogP) is -1.13. The molecule has 0 radical (unpaired) electrons. The molecule has 5 nitrogen and oxygen atoms in total. The second-order valence-corrected chi connectivity index (χ2v) is 4.22. The maximum Gasteiger partial charge on any atom is 1.00 e. The Labute approximate surface area is 124 Å². The largest absolute Gasteiger partial charge is 1.00 e. The third-order valence-electron chi connectivity index (χ3n) is 1.61. The van der Waals surface area contributed by atoms with Gasteiger partial charge in [-0.15, -0.1) is 0 Å². The van der Waals surface area contributed by atoms with Gasteiger partial charge in [-0.2, -0.15) is 5.11 Å². The molecule has 2 aromatic rings. The Balaban J connectivity index is 0.00000128. The van der Waals surface area contributed by atoms with Crippen LogP contribution in [0.25, 0.3) is 10.2 Å². The van der Waals surface area contributed by atoms with Crippen molar-refractivity contribution in [3.8, 4) is 0 Å². The molecule has 8 heteroatoms. The zero-order chi connectivity index (χ0) is 10.7. The molecule has 3 N–H and O–H groups in total. The van der Waals surface area contributed by atoms with E-state index in [4.69, 9.17) is 5.73 Å². The first kappa shape index (κ1) is 13.9. The molecule has 1 atom stereocenters. The molecule has 78 valence electrons. The zero-order valence-electron chi connectivity index (χ0n) is 8.62. The fourth-order valence-corrected chi connectivity index (χ4v) is 1.90. The van der Waals surface area contributed by atoms with Gasteiger partial charge in [0.05, 0.1) is 10.2 Å². The van der Waals surface area contributed by atoms with Crippen LogP contribution in [-0.2, 0) is 12.6 Å². The number of aromatic nitrogens is 1. The molecule has 0 bridgehead atoms. The van der Waals surface area contributed by atoms with E-state index in [1.807, 2.05) is 24.3 Å². The van der Waals surface area contributed by atoms with Crippen LogP contribution in [0.15, 0.2) is 34.6 Å². The number of hydrogen-bond donors (Lipinski definition) is 2. The van der Waals surface area contributed by atoms with Crippen LogP contribution in [0.5, 0.6) is 0 Å². The fraction of sp³-hybridized carbons (Fsp3) is 0.125.